The maximum absolute atomic E-state index is 2.49. The van der Waals surface area contributed by atoms with E-state index in [1.165, 1.54) is 297 Å². The zero-order valence-corrected chi connectivity index (χ0v) is 84.2. The van der Waals surface area contributed by atoms with Crippen molar-refractivity contribution in [1.82, 2.24) is 0 Å². The van der Waals surface area contributed by atoms with Crippen molar-refractivity contribution in [2.24, 2.45) is 0 Å². The first-order chi connectivity index (χ1) is 73.2. The molecule has 0 heterocycles. The van der Waals surface area contributed by atoms with Crippen LogP contribution in [0.5, 0.6) is 0 Å². The molecule has 149 heavy (non-hydrogen) atoms. The summed E-state index contributed by atoms with van der Waals surface area (Å²) in [5.74, 6) is 0. The standard InChI is InChI=1S/C54H40.C49H34.C46H30/c1-53(2)47-19-11-9-15-39(47)41-26-23-36(31-49(41)53)35-24-28-45-46(30-35)52(38-25-27-42-40-16-10-12-20-48(40)54(3,4)50(42)32-38)44-18-8-7-17-43(44)51(45)37-22-21-33-13-5-6-14-34(33)29-37;1-49(2)45-24-10-9-19-38(45)39-27-26-34(30-46(39)49)47-41-20-7-8-21-42(41)48(40-23-12-16-32-14-4-6-18-36(32)40)44-29-33(25-28-43(44)47)37-22-11-15-31-13-3-5-17-35(31)37;1-2-10-31(11-3-1)34-18-22-35(23-19-34)45-41-16-8-9-17-42(41)46(40-25-21-33-13-5-7-15-37(33)29-40)44-30-39(26-27-43(44)45)38-24-20-32-12-4-6-14-36(32)28-38/h5-32H,1-4H3;3-30H,1-2H3;1-30H. The molecule has 0 aliphatic heterocycles. The number of hydrogen-bond donors (Lipinski definition) is 0. The molecule has 0 saturated heterocycles. The van der Waals surface area contributed by atoms with E-state index in [9.17, 15) is 0 Å². The van der Waals surface area contributed by atoms with Crippen LogP contribution in [0.25, 0.3) is 263 Å². The SMILES string of the molecule is CC1(C)c2ccccc2-c2ccc(-c3c4ccccc4c(-c4cccc5ccccc45)c4cc(-c5cccc6ccccc56)ccc34)cc21.CC1(C)c2ccccc2-c2ccc(-c3ccc4c(-c5ccc6ccccc6c5)c5ccccc5c(-c5ccc6c(c5)C(C)(C)c5ccccc5-6)c4c3)cc21.c1ccc(-c2ccc(-c3c4ccccc4c(-c4ccc5ccccc5c4)c4cc(-c5ccc6ccccc6c5)ccc34)cc2)cc1. The predicted octanol–water partition coefficient (Wildman–Crippen LogP) is 41.3. The Labute approximate surface area is 869 Å². The fourth-order valence-corrected chi connectivity index (χ4v) is 25.9. The highest BCUT2D eigenvalue weighted by molar-refractivity contribution is 6.27. The molecule has 0 amide bonds. The van der Waals surface area contributed by atoms with Crippen molar-refractivity contribution < 1.29 is 0 Å². The van der Waals surface area contributed by atoms with Crippen molar-refractivity contribution in [3.8, 4) is 145 Å². The van der Waals surface area contributed by atoms with Crippen LogP contribution >= 0.6 is 0 Å². The van der Waals surface area contributed by atoms with Crippen LogP contribution in [-0.4, -0.2) is 0 Å². The molecule has 27 aromatic carbocycles. The number of hydrogen-bond acceptors (Lipinski definition) is 0. The molecule has 0 spiro atoms. The molecule has 700 valence electrons. The summed E-state index contributed by atoms with van der Waals surface area (Å²) in [6.07, 6.45) is 0. The molecule has 0 bridgehead atoms. The average molecular weight is 1890 g/mol. The van der Waals surface area contributed by atoms with Gasteiger partial charge in [-0.1, -0.05) is 509 Å². The number of fused-ring (bicyclic) bond motifs is 20. The summed E-state index contributed by atoms with van der Waals surface area (Å²) < 4.78 is 0. The molecule has 0 fully saturated rings. The lowest BCUT2D eigenvalue weighted by atomic mass is 9.80. The molecule has 0 atom stereocenters. The van der Waals surface area contributed by atoms with E-state index in [4.69, 9.17) is 0 Å². The first kappa shape index (κ1) is 88.5. The van der Waals surface area contributed by atoms with Gasteiger partial charge in [0.15, 0.2) is 0 Å². The maximum Gasteiger partial charge on any atom is 0.0159 e. The van der Waals surface area contributed by atoms with Crippen LogP contribution in [-0.2, 0) is 16.2 Å². The van der Waals surface area contributed by atoms with Gasteiger partial charge in [-0.25, -0.2) is 0 Å². The minimum atomic E-state index is -0.0848. The molecule has 0 N–H and O–H groups in total. The Morgan fingerprint density at radius 2 is 0.329 bits per heavy atom. The van der Waals surface area contributed by atoms with Crippen molar-refractivity contribution >= 4 is 118 Å². The van der Waals surface area contributed by atoms with Crippen molar-refractivity contribution in [3.05, 3.63) is 555 Å². The second-order valence-corrected chi connectivity index (χ2v) is 42.6. The van der Waals surface area contributed by atoms with Crippen LogP contribution < -0.4 is 0 Å². The summed E-state index contributed by atoms with van der Waals surface area (Å²) in [5.41, 5.74) is 41.5. The molecular weight excluding hydrogens is 1790 g/mol. The normalized spacial score (nSPS) is 13.2. The van der Waals surface area contributed by atoms with Gasteiger partial charge in [-0.3, -0.25) is 0 Å². The van der Waals surface area contributed by atoms with Gasteiger partial charge >= 0.3 is 0 Å². The fourth-order valence-electron chi connectivity index (χ4n) is 25.9. The van der Waals surface area contributed by atoms with Crippen LogP contribution in [0, 0.1) is 0 Å². The molecule has 0 aromatic heterocycles. The van der Waals surface area contributed by atoms with Crippen LogP contribution in [0.15, 0.2) is 522 Å². The zero-order valence-electron chi connectivity index (χ0n) is 84.2. The van der Waals surface area contributed by atoms with Gasteiger partial charge in [0, 0.05) is 16.2 Å². The Kier molecular flexibility index (Phi) is 20.8. The topological polar surface area (TPSA) is 0 Å². The lowest BCUT2D eigenvalue weighted by Crippen LogP contribution is -2.14. The molecule has 30 rings (SSSR count). The van der Waals surface area contributed by atoms with E-state index >= 15 is 0 Å². The van der Waals surface area contributed by atoms with Crippen LogP contribution in [0.2, 0.25) is 0 Å². The van der Waals surface area contributed by atoms with E-state index in [1.807, 2.05) is 0 Å². The molecule has 0 nitrogen and oxygen atoms in total. The maximum atomic E-state index is 2.49. The minimum Gasteiger partial charge on any atom is -0.0622 e. The van der Waals surface area contributed by atoms with Crippen molar-refractivity contribution in [2.45, 2.75) is 57.8 Å². The molecule has 0 radical (unpaired) electrons. The molecule has 3 aliphatic rings. The van der Waals surface area contributed by atoms with E-state index in [2.05, 4.69) is 563 Å². The van der Waals surface area contributed by atoms with Gasteiger partial charge in [-0.05, 0) is 351 Å². The summed E-state index contributed by atoms with van der Waals surface area (Å²) in [4.78, 5) is 0. The predicted molar refractivity (Wildman–Crippen MR) is 639 cm³/mol. The molecule has 0 heteroatoms. The van der Waals surface area contributed by atoms with Crippen LogP contribution in [0.3, 0.4) is 0 Å². The monoisotopic (exact) mass is 1890 g/mol. The lowest BCUT2D eigenvalue weighted by molar-refractivity contribution is 0.660. The van der Waals surface area contributed by atoms with Gasteiger partial charge in [0.1, 0.15) is 0 Å². The number of rotatable bonds is 10. The van der Waals surface area contributed by atoms with Crippen molar-refractivity contribution in [1.29, 1.82) is 0 Å². The highest BCUT2D eigenvalue weighted by Crippen LogP contribution is 2.58. The average Bonchev–Trinajstić information content (AvgIpc) is 1.48. The Bertz CT molecular complexity index is 10200. The van der Waals surface area contributed by atoms with Gasteiger partial charge in [0.05, 0.1) is 0 Å². The third-order valence-corrected chi connectivity index (χ3v) is 33.3. The van der Waals surface area contributed by atoms with E-state index < -0.39 is 0 Å². The second-order valence-electron chi connectivity index (χ2n) is 42.6. The molecular formula is C149H104. The summed E-state index contributed by atoms with van der Waals surface area (Å²) in [6, 6.07) is 194. The van der Waals surface area contributed by atoms with Crippen molar-refractivity contribution in [3.63, 3.8) is 0 Å². The molecule has 27 aromatic rings. The van der Waals surface area contributed by atoms with E-state index in [0.29, 0.717) is 0 Å². The van der Waals surface area contributed by atoms with E-state index in [1.54, 1.807) is 0 Å². The molecule has 0 saturated carbocycles. The Hall–Kier alpha value is -18.2. The highest BCUT2D eigenvalue weighted by atomic mass is 14.4. The first-order valence-corrected chi connectivity index (χ1v) is 52.5. The third-order valence-electron chi connectivity index (χ3n) is 33.3. The van der Waals surface area contributed by atoms with Gasteiger partial charge < -0.3 is 0 Å². The first-order valence-electron chi connectivity index (χ1n) is 52.5. The summed E-state index contributed by atoms with van der Waals surface area (Å²) in [5, 5.41) is 27.9. The summed E-state index contributed by atoms with van der Waals surface area (Å²) in [6.45, 7) is 14.2. The Morgan fingerprint density at radius 1 is 0.101 bits per heavy atom. The fraction of sp³-hybridized carbons (Fsp3) is 0.0604. The zero-order chi connectivity index (χ0) is 99.5. The Morgan fingerprint density at radius 3 is 0.765 bits per heavy atom. The van der Waals surface area contributed by atoms with Crippen molar-refractivity contribution in [2.75, 3.05) is 0 Å². The summed E-state index contributed by atoms with van der Waals surface area (Å²) in [7, 11) is 0. The number of benzene rings is 27. The smallest absolute Gasteiger partial charge is 0.0159 e. The molecule has 0 unspecified atom stereocenters. The third kappa shape index (κ3) is 14.5. The van der Waals surface area contributed by atoms with Gasteiger partial charge in [-0.2, -0.15) is 0 Å². The van der Waals surface area contributed by atoms with E-state index in [0.717, 1.165) is 0 Å². The quantitative estimate of drug-likeness (QED) is 0.120. The largest absolute Gasteiger partial charge is 0.0622 e. The van der Waals surface area contributed by atoms with Gasteiger partial charge in [-0.15, -0.1) is 0 Å². The highest BCUT2D eigenvalue weighted by Gasteiger charge is 2.40. The van der Waals surface area contributed by atoms with Crippen LogP contribution in [0.1, 0.15) is 74.9 Å². The second kappa shape index (κ2) is 35.1. The minimum absolute atomic E-state index is 0.0573. The lowest BCUT2D eigenvalue weighted by Gasteiger charge is -2.23. The Balaban J connectivity index is 0.000000108. The van der Waals surface area contributed by atoms with E-state index in [-0.39, 0.29) is 16.2 Å². The molecule has 3 aliphatic carbocycles. The van der Waals surface area contributed by atoms with Crippen LogP contribution in [0.4, 0.5) is 0 Å². The van der Waals surface area contributed by atoms with Gasteiger partial charge in [0.2, 0.25) is 0 Å². The van der Waals surface area contributed by atoms with Gasteiger partial charge in [0.25, 0.3) is 0 Å². The summed E-state index contributed by atoms with van der Waals surface area (Å²) >= 11 is 0.